The second kappa shape index (κ2) is 8.74. The topological polar surface area (TPSA) is 26.0 Å². The largest absolute Gasteiger partial charge is 0.330 e. The fourth-order valence-corrected chi connectivity index (χ4v) is 3.50. The average molecular weight is 251 g/mol. The maximum atomic E-state index is 5.95. The standard InChI is InChI=1S/C17H33N/c1-4-5-6-7-8-9-16-12-15(14(2)3)10-11-17(16)13-18/h4,14-17H,1,5-13,18H2,2-3H3. The van der Waals surface area contributed by atoms with Crippen LogP contribution in [0.1, 0.15) is 65.2 Å². The zero-order chi connectivity index (χ0) is 13.4. The van der Waals surface area contributed by atoms with Gasteiger partial charge in [0.1, 0.15) is 0 Å². The van der Waals surface area contributed by atoms with E-state index in [2.05, 4.69) is 20.4 Å². The van der Waals surface area contributed by atoms with Crippen molar-refractivity contribution in [2.24, 2.45) is 29.4 Å². The van der Waals surface area contributed by atoms with Crippen molar-refractivity contribution in [1.82, 2.24) is 0 Å². The third kappa shape index (κ3) is 5.14. The van der Waals surface area contributed by atoms with Gasteiger partial charge in [-0.25, -0.2) is 0 Å². The van der Waals surface area contributed by atoms with E-state index in [9.17, 15) is 0 Å². The van der Waals surface area contributed by atoms with Crippen LogP contribution in [0.4, 0.5) is 0 Å². The summed E-state index contributed by atoms with van der Waals surface area (Å²) in [6.07, 6.45) is 12.9. The molecule has 1 heteroatoms. The van der Waals surface area contributed by atoms with Crippen molar-refractivity contribution in [2.75, 3.05) is 6.54 Å². The Morgan fingerprint density at radius 3 is 2.56 bits per heavy atom. The maximum Gasteiger partial charge on any atom is -0.00462 e. The molecule has 1 aliphatic carbocycles. The van der Waals surface area contributed by atoms with Gasteiger partial charge in [0, 0.05) is 0 Å². The fraction of sp³-hybridized carbons (Fsp3) is 0.882. The Hall–Kier alpha value is -0.300. The number of allylic oxidation sites excluding steroid dienone is 1. The molecule has 1 saturated carbocycles. The monoisotopic (exact) mass is 251 g/mol. The van der Waals surface area contributed by atoms with E-state index in [1.165, 1.54) is 51.4 Å². The molecule has 1 fully saturated rings. The van der Waals surface area contributed by atoms with Gasteiger partial charge in [0.25, 0.3) is 0 Å². The molecule has 0 aromatic carbocycles. The number of hydrogen-bond acceptors (Lipinski definition) is 1. The van der Waals surface area contributed by atoms with Gasteiger partial charge >= 0.3 is 0 Å². The molecule has 1 aliphatic rings. The van der Waals surface area contributed by atoms with Crippen LogP contribution in [0.15, 0.2) is 12.7 Å². The lowest BCUT2D eigenvalue weighted by molar-refractivity contribution is 0.141. The van der Waals surface area contributed by atoms with Crippen molar-refractivity contribution in [3.63, 3.8) is 0 Å². The first-order chi connectivity index (χ1) is 8.69. The minimum absolute atomic E-state index is 0.805. The molecule has 2 N–H and O–H groups in total. The minimum atomic E-state index is 0.805. The van der Waals surface area contributed by atoms with Gasteiger partial charge in [0.05, 0.1) is 0 Å². The van der Waals surface area contributed by atoms with Crippen LogP contribution in [-0.4, -0.2) is 6.54 Å². The van der Waals surface area contributed by atoms with E-state index in [0.717, 1.165) is 30.2 Å². The summed E-state index contributed by atoms with van der Waals surface area (Å²) in [5.41, 5.74) is 5.95. The number of rotatable bonds is 8. The first-order valence-corrected chi connectivity index (χ1v) is 8.00. The third-order valence-corrected chi connectivity index (χ3v) is 4.91. The maximum absolute atomic E-state index is 5.95. The van der Waals surface area contributed by atoms with Crippen molar-refractivity contribution in [3.8, 4) is 0 Å². The van der Waals surface area contributed by atoms with Crippen molar-refractivity contribution >= 4 is 0 Å². The summed E-state index contributed by atoms with van der Waals surface area (Å²) in [5.74, 6) is 3.51. The lowest BCUT2D eigenvalue weighted by Crippen LogP contribution is -2.32. The van der Waals surface area contributed by atoms with Gasteiger partial charge in [0.2, 0.25) is 0 Å². The lowest BCUT2D eigenvalue weighted by Gasteiger charge is -2.37. The van der Waals surface area contributed by atoms with Crippen LogP contribution in [0.25, 0.3) is 0 Å². The predicted molar refractivity (Wildman–Crippen MR) is 81.5 cm³/mol. The molecule has 0 aromatic rings. The molecule has 18 heavy (non-hydrogen) atoms. The molecule has 3 unspecified atom stereocenters. The van der Waals surface area contributed by atoms with Crippen LogP contribution in [-0.2, 0) is 0 Å². The number of hydrogen-bond donors (Lipinski definition) is 1. The Labute approximate surface area is 114 Å². The Balaban J connectivity index is 2.31. The summed E-state index contributed by atoms with van der Waals surface area (Å²) < 4.78 is 0. The zero-order valence-corrected chi connectivity index (χ0v) is 12.5. The lowest BCUT2D eigenvalue weighted by atomic mass is 9.69. The first kappa shape index (κ1) is 15.8. The molecule has 1 nitrogen and oxygen atoms in total. The SMILES string of the molecule is C=CCCCCCC1CC(C(C)C)CCC1CN. The van der Waals surface area contributed by atoms with Crippen LogP contribution in [0.2, 0.25) is 0 Å². The van der Waals surface area contributed by atoms with Crippen LogP contribution in [0.5, 0.6) is 0 Å². The highest BCUT2D eigenvalue weighted by atomic mass is 14.6. The van der Waals surface area contributed by atoms with Gasteiger partial charge < -0.3 is 5.73 Å². The van der Waals surface area contributed by atoms with E-state index in [-0.39, 0.29) is 0 Å². The van der Waals surface area contributed by atoms with E-state index in [4.69, 9.17) is 5.73 Å². The highest BCUT2D eigenvalue weighted by Gasteiger charge is 2.30. The summed E-state index contributed by atoms with van der Waals surface area (Å²) in [6, 6.07) is 0. The van der Waals surface area contributed by atoms with Gasteiger partial charge in [-0.2, -0.15) is 0 Å². The van der Waals surface area contributed by atoms with Crippen LogP contribution in [0, 0.1) is 23.7 Å². The molecule has 0 aromatic heterocycles. The molecule has 0 saturated heterocycles. The fourth-order valence-electron chi connectivity index (χ4n) is 3.50. The van der Waals surface area contributed by atoms with Crippen LogP contribution >= 0.6 is 0 Å². The summed E-state index contributed by atoms with van der Waals surface area (Å²) in [6.45, 7) is 9.46. The van der Waals surface area contributed by atoms with Gasteiger partial charge in [-0.15, -0.1) is 6.58 Å². The van der Waals surface area contributed by atoms with E-state index in [0.29, 0.717) is 0 Å². The summed E-state index contributed by atoms with van der Waals surface area (Å²) in [5, 5.41) is 0. The quantitative estimate of drug-likeness (QED) is 0.488. The smallest absolute Gasteiger partial charge is 0.00462 e. The summed E-state index contributed by atoms with van der Waals surface area (Å²) in [4.78, 5) is 0. The van der Waals surface area contributed by atoms with Crippen molar-refractivity contribution in [3.05, 3.63) is 12.7 Å². The molecule has 0 aliphatic heterocycles. The number of nitrogens with two attached hydrogens (primary N) is 1. The summed E-state index contributed by atoms with van der Waals surface area (Å²) in [7, 11) is 0. The van der Waals surface area contributed by atoms with Crippen molar-refractivity contribution in [2.45, 2.75) is 65.2 Å². The van der Waals surface area contributed by atoms with Crippen molar-refractivity contribution < 1.29 is 0 Å². The highest BCUT2D eigenvalue weighted by Crippen LogP contribution is 2.39. The van der Waals surface area contributed by atoms with E-state index < -0.39 is 0 Å². The molecule has 0 radical (unpaired) electrons. The number of unbranched alkanes of at least 4 members (excludes halogenated alkanes) is 3. The Kier molecular flexibility index (Phi) is 7.65. The first-order valence-electron chi connectivity index (χ1n) is 8.00. The zero-order valence-electron chi connectivity index (χ0n) is 12.5. The highest BCUT2D eigenvalue weighted by molar-refractivity contribution is 4.82. The van der Waals surface area contributed by atoms with Crippen LogP contribution < -0.4 is 5.73 Å². The van der Waals surface area contributed by atoms with E-state index >= 15 is 0 Å². The molecule has 0 amide bonds. The second-order valence-electron chi connectivity index (χ2n) is 6.50. The molecule has 1 rings (SSSR count). The van der Waals surface area contributed by atoms with Gasteiger partial charge in [0.15, 0.2) is 0 Å². The van der Waals surface area contributed by atoms with Crippen molar-refractivity contribution in [1.29, 1.82) is 0 Å². The normalized spacial score (nSPS) is 28.6. The molecule has 0 heterocycles. The molecule has 0 bridgehead atoms. The Bertz CT molecular complexity index is 222. The van der Waals surface area contributed by atoms with Gasteiger partial charge in [-0.3, -0.25) is 0 Å². The molecule has 106 valence electrons. The van der Waals surface area contributed by atoms with E-state index in [1.54, 1.807) is 0 Å². The predicted octanol–water partition coefficient (Wildman–Crippen LogP) is 4.77. The molecular formula is C17H33N. The van der Waals surface area contributed by atoms with Gasteiger partial charge in [-0.05, 0) is 62.3 Å². The minimum Gasteiger partial charge on any atom is -0.330 e. The van der Waals surface area contributed by atoms with Gasteiger partial charge in [-0.1, -0.05) is 39.2 Å². The second-order valence-corrected chi connectivity index (χ2v) is 6.50. The molecule has 0 spiro atoms. The Morgan fingerprint density at radius 1 is 1.17 bits per heavy atom. The Morgan fingerprint density at radius 2 is 1.94 bits per heavy atom. The molecule has 3 atom stereocenters. The molecular weight excluding hydrogens is 218 g/mol. The summed E-state index contributed by atoms with van der Waals surface area (Å²) >= 11 is 0. The third-order valence-electron chi connectivity index (χ3n) is 4.91. The van der Waals surface area contributed by atoms with Crippen LogP contribution in [0.3, 0.4) is 0 Å². The van der Waals surface area contributed by atoms with E-state index in [1.807, 2.05) is 6.08 Å². The average Bonchev–Trinajstić information content (AvgIpc) is 2.38.